The molecule has 2 aliphatic carbocycles. The highest BCUT2D eigenvalue weighted by molar-refractivity contribution is 6.30. The molecule has 0 amide bonds. The summed E-state index contributed by atoms with van der Waals surface area (Å²) in [7, 11) is 1.81. The maximum absolute atomic E-state index is 13.6. The molecule has 15 heteroatoms. The third-order valence-corrected chi connectivity index (χ3v) is 11.7. The van der Waals surface area contributed by atoms with Gasteiger partial charge in [0.1, 0.15) is 23.4 Å². The molecule has 2 fully saturated rings. The molecule has 0 aromatic heterocycles. The number of ether oxygens (including phenoxy) is 4. The van der Waals surface area contributed by atoms with Crippen LogP contribution < -0.4 is 5.32 Å². The Morgan fingerprint density at radius 1 is 0.860 bits per heavy atom. The number of ketones is 4. The highest BCUT2D eigenvalue weighted by atomic mass is 16.6. The monoisotopic (exact) mass is 787 g/mol. The van der Waals surface area contributed by atoms with Crippen LogP contribution in [0.1, 0.15) is 105 Å². The van der Waals surface area contributed by atoms with Crippen molar-refractivity contribution in [1.29, 1.82) is 0 Å². The molecule has 4 heterocycles. The molecule has 2 aromatic carbocycles. The Morgan fingerprint density at radius 2 is 1.54 bits per heavy atom. The number of phenols is 3. The number of phenolic OH excluding ortho intramolecular Hbond substituents is 3. The molecule has 9 atom stereocenters. The third kappa shape index (κ3) is 6.66. The van der Waals surface area contributed by atoms with Crippen molar-refractivity contribution in [1.82, 2.24) is 5.32 Å². The number of rotatable bonds is 5. The Balaban J connectivity index is 0.000000183. The van der Waals surface area contributed by atoms with Gasteiger partial charge in [-0.25, -0.2) is 0 Å². The number of carbonyl (C=O) groups excluding carboxylic acids is 4. The molecule has 0 saturated carbocycles. The van der Waals surface area contributed by atoms with Crippen molar-refractivity contribution < 1.29 is 68.5 Å². The van der Waals surface area contributed by atoms with Crippen molar-refractivity contribution in [2.24, 2.45) is 5.92 Å². The Kier molecular flexibility index (Phi) is 10.5. The fraction of sp³-hybridized carbons (Fsp3) is 0.452. The van der Waals surface area contributed by atoms with Gasteiger partial charge in [-0.05, 0) is 58.9 Å². The minimum absolute atomic E-state index is 0.0190. The largest absolute Gasteiger partial charge is 0.507 e. The topological polar surface area (TPSA) is 235 Å². The first kappa shape index (κ1) is 40.0. The van der Waals surface area contributed by atoms with Crippen LogP contribution in [-0.2, 0) is 23.7 Å². The second-order valence-corrected chi connectivity index (χ2v) is 15.4. The second-order valence-electron chi connectivity index (χ2n) is 15.4. The standard InChI is InChI=1S/C25H29NO7.C17H16O7/c1-10-7-17-25(31-10)20-18(11(2)32-17)24(30)19-15(23(20)29)6-5-14(22(19)28)16-8-13(9-26-4)21(27)12(3)33-16;1-6-3-10(18)13-14(15(6)21)17(23)12-7(2)24-8(5-11(19)20)4-9(12)16(13)22/h5-6,11-13,16-17,21,25-28H,1,7-9H2,2-4H3;3,7-8,18,21H,4-5H2,1-2H3,(H,19,20)/t11-,12-,13+,16?,17-,21-,25+;7-,8+/m11/s1. The number of nitrogens with one attached hydrogen (secondary N) is 1. The normalized spacial score (nSPS) is 30.4. The van der Waals surface area contributed by atoms with Gasteiger partial charge in [-0.3, -0.25) is 24.0 Å². The Bertz CT molecular complexity index is 2200. The van der Waals surface area contributed by atoms with Crippen LogP contribution in [0, 0.1) is 12.8 Å². The predicted octanol–water partition coefficient (Wildman–Crippen LogP) is 3.94. The quantitative estimate of drug-likeness (QED) is 0.236. The van der Waals surface area contributed by atoms with Gasteiger partial charge in [0.2, 0.25) is 0 Å². The molecule has 15 nitrogen and oxygen atoms in total. The molecule has 8 rings (SSSR count). The smallest absolute Gasteiger partial charge is 0.305 e. The zero-order chi connectivity index (χ0) is 41.4. The van der Waals surface area contributed by atoms with E-state index in [1.54, 1.807) is 32.9 Å². The van der Waals surface area contributed by atoms with Crippen molar-refractivity contribution in [3.63, 3.8) is 0 Å². The zero-order valence-corrected chi connectivity index (χ0v) is 32.1. The lowest BCUT2D eigenvalue weighted by Gasteiger charge is -2.39. The summed E-state index contributed by atoms with van der Waals surface area (Å²) < 4.78 is 23.3. The van der Waals surface area contributed by atoms with Crippen LogP contribution in [-0.4, -0.2) is 111 Å². The summed E-state index contributed by atoms with van der Waals surface area (Å²) in [5, 5.41) is 53.9. The number of hydrogen-bond acceptors (Lipinski definition) is 14. The van der Waals surface area contributed by atoms with E-state index in [0.717, 1.165) is 0 Å². The van der Waals surface area contributed by atoms with Gasteiger partial charge in [0.15, 0.2) is 29.2 Å². The van der Waals surface area contributed by atoms with Gasteiger partial charge in [0, 0.05) is 53.2 Å². The number of aliphatic carboxylic acids is 1. The lowest BCUT2D eigenvalue weighted by atomic mass is 9.76. The Morgan fingerprint density at radius 3 is 2.23 bits per heavy atom. The van der Waals surface area contributed by atoms with E-state index in [0.29, 0.717) is 36.3 Å². The van der Waals surface area contributed by atoms with Gasteiger partial charge in [0.05, 0.1) is 71.1 Å². The third-order valence-electron chi connectivity index (χ3n) is 11.7. The van der Waals surface area contributed by atoms with Gasteiger partial charge in [-0.1, -0.05) is 12.6 Å². The molecule has 57 heavy (non-hydrogen) atoms. The Labute approximate surface area is 327 Å². The van der Waals surface area contributed by atoms with Gasteiger partial charge < -0.3 is 49.8 Å². The first-order chi connectivity index (χ1) is 26.9. The van der Waals surface area contributed by atoms with Crippen LogP contribution in [0.2, 0.25) is 0 Å². The minimum Gasteiger partial charge on any atom is -0.507 e. The molecular formula is C42H45NO14. The van der Waals surface area contributed by atoms with Crippen LogP contribution >= 0.6 is 0 Å². The SMILES string of the molecule is C=C1C[C@H]2O[C@H](C)C3=C(C(=O)c4ccc(C5C[C@@H](CNC)[C@H](O)[C@@H](C)O5)c(O)c4C3=O)[C@H]2O1.Cc1cc(O)c2c(c1O)C(=O)C1=C(C[C@@H](CC(=O)O)O[C@@H]1C)C2=O. The number of carboxylic acid groups (broad SMARTS) is 1. The molecule has 0 radical (unpaired) electrons. The lowest BCUT2D eigenvalue weighted by molar-refractivity contribution is -0.141. The number of carboxylic acids is 1. The van der Waals surface area contributed by atoms with E-state index in [1.165, 1.54) is 13.0 Å². The molecule has 1 unspecified atom stereocenters. The first-order valence-electron chi connectivity index (χ1n) is 18.9. The van der Waals surface area contributed by atoms with Gasteiger partial charge >= 0.3 is 5.97 Å². The number of benzene rings is 2. The van der Waals surface area contributed by atoms with E-state index in [9.17, 15) is 44.4 Å². The number of Topliss-reactive ketones (excluding diaryl/α,β-unsaturated/α-hetero) is 4. The van der Waals surface area contributed by atoms with Crippen molar-refractivity contribution in [2.75, 3.05) is 13.6 Å². The van der Waals surface area contributed by atoms with Crippen LogP contribution in [0.5, 0.6) is 17.2 Å². The molecular weight excluding hydrogens is 742 g/mol. The first-order valence-corrected chi connectivity index (χ1v) is 18.9. The van der Waals surface area contributed by atoms with E-state index < -0.39 is 66.0 Å². The van der Waals surface area contributed by atoms with Crippen molar-refractivity contribution in [3.8, 4) is 17.2 Å². The summed E-state index contributed by atoms with van der Waals surface area (Å²) in [6.45, 7) is 11.0. The van der Waals surface area contributed by atoms with E-state index in [-0.39, 0.29) is 92.4 Å². The van der Waals surface area contributed by atoms with E-state index >= 15 is 0 Å². The summed E-state index contributed by atoms with van der Waals surface area (Å²) in [6, 6.07) is 4.45. The molecule has 6 N–H and O–H groups in total. The minimum atomic E-state index is -1.07. The highest BCUT2D eigenvalue weighted by Crippen LogP contribution is 2.48. The number of aryl methyl sites for hydroxylation is 1. The lowest BCUT2D eigenvalue weighted by Crippen LogP contribution is -2.45. The number of fused-ring (bicyclic) bond motifs is 4. The van der Waals surface area contributed by atoms with E-state index in [1.807, 2.05) is 7.05 Å². The van der Waals surface area contributed by atoms with Crippen LogP contribution in [0.15, 0.2) is 52.8 Å². The van der Waals surface area contributed by atoms with Crippen LogP contribution in [0.4, 0.5) is 0 Å². The fourth-order valence-electron chi connectivity index (χ4n) is 9.05. The Hall–Kier alpha value is -5.19. The summed E-state index contributed by atoms with van der Waals surface area (Å²) in [5.74, 6) is -3.49. The fourth-order valence-corrected chi connectivity index (χ4v) is 9.05. The van der Waals surface area contributed by atoms with E-state index in [2.05, 4.69) is 11.9 Å². The molecule has 302 valence electrons. The number of aliphatic hydroxyl groups is 1. The number of carbonyl (C=O) groups is 5. The van der Waals surface area contributed by atoms with Crippen molar-refractivity contribution in [2.45, 2.75) is 102 Å². The average Bonchev–Trinajstić information content (AvgIpc) is 3.51. The summed E-state index contributed by atoms with van der Waals surface area (Å²) in [4.78, 5) is 63.6. The number of aliphatic hydroxyl groups excluding tert-OH is 1. The average molecular weight is 788 g/mol. The summed E-state index contributed by atoms with van der Waals surface area (Å²) in [5.41, 5.74) is 1.22. The predicted molar refractivity (Wildman–Crippen MR) is 199 cm³/mol. The van der Waals surface area contributed by atoms with Gasteiger partial charge in [-0.2, -0.15) is 0 Å². The maximum Gasteiger partial charge on any atom is 0.305 e. The second kappa shape index (κ2) is 15.0. The highest BCUT2D eigenvalue weighted by Gasteiger charge is 2.51. The number of aromatic hydroxyl groups is 3. The van der Waals surface area contributed by atoms with E-state index in [4.69, 9.17) is 24.1 Å². The maximum atomic E-state index is 13.6. The van der Waals surface area contributed by atoms with Gasteiger partial charge in [-0.15, -0.1) is 0 Å². The molecule has 4 aliphatic heterocycles. The van der Waals surface area contributed by atoms with Crippen molar-refractivity contribution in [3.05, 3.63) is 86.2 Å². The molecule has 6 aliphatic rings. The summed E-state index contributed by atoms with van der Waals surface area (Å²) in [6.07, 6.45) is -4.10. The van der Waals surface area contributed by atoms with Crippen LogP contribution in [0.3, 0.4) is 0 Å². The molecule has 0 spiro atoms. The molecule has 2 saturated heterocycles. The molecule has 0 bridgehead atoms. The zero-order valence-electron chi connectivity index (χ0n) is 32.1. The summed E-state index contributed by atoms with van der Waals surface area (Å²) >= 11 is 0. The van der Waals surface area contributed by atoms with Crippen LogP contribution in [0.25, 0.3) is 0 Å². The van der Waals surface area contributed by atoms with Crippen molar-refractivity contribution >= 4 is 29.1 Å². The molecule has 2 aromatic rings. The number of hydrogen-bond donors (Lipinski definition) is 6. The van der Waals surface area contributed by atoms with Gasteiger partial charge in [0.25, 0.3) is 0 Å².